The number of hydrogen-bond donors (Lipinski definition) is 1. The minimum Gasteiger partial charge on any atom is -0.399 e. The molecule has 0 aliphatic heterocycles. The molecule has 0 aliphatic rings. The van der Waals surface area contributed by atoms with E-state index in [1.54, 1.807) is 0 Å². The van der Waals surface area contributed by atoms with Crippen molar-refractivity contribution in [3.05, 3.63) is 29.8 Å². The molecular formula is C10H17N. The van der Waals surface area contributed by atoms with Crippen LogP contribution in [0, 0.1) is 0 Å². The summed E-state index contributed by atoms with van der Waals surface area (Å²) in [5.41, 5.74) is 7.71. The third-order valence-corrected chi connectivity index (χ3v) is 1.60. The molecule has 0 fully saturated rings. The monoisotopic (exact) mass is 151 g/mol. The van der Waals surface area contributed by atoms with Crippen LogP contribution in [-0.4, -0.2) is 0 Å². The molecule has 11 heavy (non-hydrogen) atoms. The summed E-state index contributed by atoms with van der Waals surface area (Å²) in [6.07, 6.45) is 0. The molecule has 0 unspecified atom stereocenters. The summed E-state index contributed by atoms with van der Waals surface area (Å²) in [5.74, 6) is 0.598. The highest BCUT2D eigenvalue weighted by molar-refractivity contribution is 5.39. The van der Waals surface area contributed by atoms with E-state index in [1.165, 1.54) is 5.56 Å². The maximum atomic E-state index is 5.53. The first-order valence-corrected chi connectivity index (χ1v) is 3.55. The van der Waals surface area contributed by atoms with Crippen LogP contribution in [0.25, 0.3) is 0 Å². The zero-order chi connectivity index (χ0) is 7.56. The number of nitrogen functional groups attached to an aromatic ring is 1. The second kappa shape index (κ2) is 4.02. The van der Waals surface area contributed by atoms with Gasteiger partial charge in [-0.05, 0) is 23.6 Å². The van der Waals surface area contributed by atoms with Crippen molar-refractivity contribution in [3.63, 3.8) is 0 Å². The van der Waals surface area contributed by atoms with Gasteiger partial charge in [-0.3, -0.25) is 0 Å². The van der Waals surface area contributed by atoms with E-state index in [0.29, 0.717) is 5.92 Å². The van der Waals surface area contributed by atoms with Gasteiger partial charge >= 0.3 is 0 Å². The lowest BCUT2D eigenvalue weighted by molar-refractivity contribution is 0.867. The molecule has 1 rings (SSSR count). The first-order chi connectivity index (χ1) is 4.70. The predicted octanol–water partition coefficient (Wildman–Crippen LogP) is 3.03. The molecule has 0 amide bonds. The average molecular weight is 151 g/mol. The van der Waals surface area contributed by atoms with Crippen LogP contribution in [0.4, 0.5) is 5.69 Å². The normalized spacial score (nSPS) is 9.36. The molecule has 0 saturated carbocycles. The van der Waals surface area contributed by atoms with E-state index < -0.39 is 0 Å². The molecule has 0 aliphatic carbocycles. The Labute approximate surface area is 69.2 Å². The molecule has 62 valence electrons. The quantitative estimate of drug-likeness (QED) is 0.613. The van der Waals surface area contributed by atoms with Crippen LogP contribution in [0.15, 0.2) is 24.3 Å². The van der Waals surface area contributed by atoms with Crippen molar-refractivity contribution in [1.29, 1.82) is 0 Å². The summed E-state index contributed by atoms with van der Waals surface area (Å²) in [6, 6.07) is 8.02. The zero-order valence-corrected chi connectivity index (χ0v) is 6.46. The molecule has 2 N–H and O–H groups in total. The highest BCUT2D eigenvalue weighted by Crippen LogP contribution is 2.14. The van der Waals surface area contributed by atoms with Crippen LogP contribution in [0.1, 0.15) is 32.8 Å². The minimum absolute atomic E-state index is 0. The second-order valence-corrected chi connectivity index (χ2v) is 2.82. The number of hydrogen-bond acceptors (Lipinski definition) is 1. The minimum atomic E-state index is 0. The van der Waals surface area contributed by atoms with Gasteiger partial charge in [-0.1, -0.05) is 33.4 Å². The van der Waals surface area contributed by atoms with Crippen molar-refractivity contribution >= 4 is 5.69 Å². The van der Waals surface area contributed by atoms with Gasteiger partial charge in [0.2, 0.25) is 0 Å². The maximum Gasteiger partial charge on any atom is 0.0314 e. The van der Waals surface area contributed by atoms with E-state index in [2.05, 4.69) is 26.0 Å². The lowest BCUT2D eigenvalue weighted by Gasteiger charge is -2.03. The van der Waals surface area contributed by atoms with Crippen molar-refractivity contribution in [2.75, 3.05) is 5.73 Å². The molecule has 1 nitrogen and oxygen atoms in total. The first-order valence-electron chi connectivity index (χ1n) is 3.55. The van der Waals surface area contributed by atoms with Crippen LogP contribution in [0.5, 0.6) is 0 Å². The van der Waals surface area contributed by atoms with Gasteiger partial charge in [0.15, 0.2) is 0 Å². The van der Waals surface area contributed by atoms with Crippen molar-refractivity contribution < 1.29 is 0 Å². The lowest BCUT2D eigenvalue weighted by atomic mass is 10.0. The van der Waals surface area contributed by atoms with E-state index in [9.17, 15) is 0 Å². The van der Waals surface area contributed by atoms with Crippen molar-refractivity contribution in [3.8, 4) is 0 Å². The molecule has 0 saturated heterocycles. The molecule has 1 heteroatoms. The highest BCUT2D eigenvalue weighted by atomic mass is 14.5. The predicted molar refractivity (Wildman–Crippen MR) is 51.7 cm³/mol. The van der Waals surface area contributed by atoms with E-state index >= 15 is 0 Å². The molecule has 0 heterocycles. The molecule has 0 radical (unpaired) electrons. The third kappa shape index (κ3) is 2.62. The van der Waals surface area contributed by atoms with Gasteiger partial charge in [0, 0.05) is 5.69 Å². The fourth-order valence-corrected chi connectivity index (χ4v) is 0.881. The smallest absolute Gasteiger partial charge is 0.0314 e. The first kappa shape index (κ1) is 10.0. The van der Waals surface area contributed by atoms with E-state index in [0.717, 1.165) is 5.69 Å². The lowest BCUT2D eigenvalue weighted by Crippen LogP contribution is -1.88. The van der Waals surface area contributed by atoms with E-state index in [-0.39, 0.29) is 7.43 Å². The molecule has 1 aromatic carbocycles. The Morgan fingerprint density at radius 3 is 1.91 bits per heavy atom. The van der Waals surface area contributed by atoms with Gasteiger partial charge in [-0.25, -0.2) is 0 Å². The van der Waals surface area contributed by atoms with Crippen molar-refractivity contribution in [1.82, 2.24) is 0 Å². The fourth-order valence-electron chi connectivity index (χ4n) is 0.881. The molecule has 0 bridgehead atoms. The van der Waals surface area contributed by atoms with E-state index in [4.69, 9.17) is 5.73 Å². The molecule has 0 atom stereocenters. The molecule has 1 aromatic rings. The number of anilines is 1. The van der Waals surface area contributed by atoms with Gasteiger partial charge < -0.3 is 5.73 Å². The summed E-state index contributed by atoms with van der Waals surface area (Å²) in [7, 11) is 0. The Hall–Kier alpha value is -0.980. The Kier molecular flexibility index (Phi) is 3.66. The van der Waals surface area contributed by atoms with Crippen molar-refractivity contribution in [2.24, 2.45) is 0 Å². The van der Waals surface area contributed by atoms with Gasteiger partial charge in [-0.15, -0.1) is 0 Å². The Bertz CT molecular complexity index is 199. The standard InChI is InChI=1S/C9H13N.CH4/c1-7(2)8-3-5-9(10)6-4-8;/h3-7H,10H2,1-2H3;1H4. The maximum absolute atomic E-state index is 5.53. The zero-order valence-electron chi connectivity index (χ0n) is 6.46. The average Bonchev–Trinajstić information content (AvgIpc) is 1.88. The molecular weight excluding hydrogens is 134 g/mol. The van der Waals surface area contributed by atoms with Crippen LogP contribution in [0.2, 0.25) is 0 Å². The number of rotatable bonds is 1. The van der Waals surface area contributed by atoms with Gasteiger partial charge in [0.1, 0.15) is 0 Å². The third-order valence-electron chi connectivity index (χ3n) is 1.60. The summed E-state index contributed by atoms with van der Waals surface area (Å²) >= 11 is 0. The highest BCUT2D eigenvalue weighted by Gasteiger charge is 1.95. The number of benzene rings is 1. The van der Waals surface area contributed by atoms with E-state index in [1.807, 2.05) is 12.1 Å². The van der Waals surface area contributed by atoms with Gasteiger partial charge in [0.25, 0.3) is 0 Å². The fraction of sp³-hybridized carbons (Fsp3) is 0.400. The summed E-state index contributed by atoms with van der Waals surface area (Å²) in [4.78, 5) is 0. The Morgan fingerprint density at radius 2 is 1.55 bits per heavy atom. The summed E-state index contributed by atoms with van der Waals surface area (Å²) in [5, 5.41) is 0. The van der Waals surface area contributed by atoms with Crippen LogP contribution < -0.4 is 5.73 Å². The Morgan fingerprint density at radius 1 is 1.09 bits per heavy atom. The van der Waals surface area contributed by atoms with Crippen molar-refractivity contribution in [2.45, 2.75) is 27.2 Å². The number of nitrogens with two attached hydrogens (primary N) is 1. The van der Waals surface area contributed by atoms with Crippen LogP contribution >= 0.6 is 0 Å². The second-order valence-electron chi connectivity index (χ2n) is 2.82. The largest absolute Gasteiger partial charge is 0.399 e. The van der Waals surface area contributed by atoms with Gasteiger partial charge in [0.05, 0.1) is 0 Å². The van der Waals surface area contributed by atoms with Crippen LogP contribution in [-0.2, 0) is 0 Å². The molecule has 0 aromatic heterocycles. The SMILES string of the molecule is C.CC(C)c1ccc(N)cc1. The molecule has 0 spiro atoms. The van der Waals surface area contributed by atoms with Crippen LogP contribution in [0.3, 0.4) is 0 Å². The summed E-state index contributed by atoms with van der Waals surface area (Å²) in [6.45, 7) is 4.34. The Balaban J connectivity index is 0.000001000. The van der Waals surface area contributed by atoms with Gasteiger partial charge in [-0.2, -0.15) is 0 Å². The topological polar surface area (TPSA) is 26.0 Å². The summed E-state index contributed by atoms with van der Waals surface area (Å²) < 4.78 is 0.